The molecule has 0 aromatic heterocycles. The predicted octanol–water partition coefficient (Wildman–Crippen LogP) is 2.11. The van der Waals surface area contributed by atoms with Crippen LogP contribution in [0.3, 0.4) is 0 Å². The summed E-state index contributed by atoms with van der Waals surface area (Å²) in [5.41, 5.74) is 0.328. The first kappa shape index (κ1) is 18.4. The zero-order valence-corrected chi connectivity index (χ0v) is 14.9. The molecule has 1 heterocycles. The molecule has 0 spiro atoms. The molecular formula is C13H17BrClN3O2S. The predicted molar refractivity (Wildman–Crippen MR) is 86.9 cm³/mol. The Kier molecular flexibility index (Phi) is 6.20. The number of hydrogen-bond acceptors (Lipinski definition) is 4. The average Bonchev–Trinajstić information content (AvgIpc) is 2.40. The second kappa shape index (κ2) is 7.07. The van der Waals surface area contributed by atoms with Crippen molar-refractivity contribution in [3.05, 3.63) is 28.2 Å². The third-order valence-electron chi connectivity index (χ3n) is 3.58. The maximum atomic E-state index is 12.7. The van der Waals surface area contributed by atoms with Gasteiger partial charge in [0.2, 0.25) is 10.0 Å². The fourth-order valence-electron chi connectivity index (χ4n) is 2.28. The molecule has 1 aromatic rings. The van der Waals surface area contributed by atoms with Gasteiger partial charge in [0.25, 0.3) is 0 Å². The van der Waals surface area contributed by atoms with Crippen LogP contribution in [0.4, 0.5) is 0 Å². The summed E-state index contributed by atoms with van der Waals surface area (Å²) in [5.74, 6) is 0. The Balaban J connectivity index is 0.00000220. The van der Waals surface area contributed by atoms with E-state index >= 15 is 0 Å². The van der Waals surface area contributed by atoms with Crippen molar-refractivity contribution in [1.29, 1.82) is 5.26 Å². The first-order valence-electron chi connectivity index (χ1n) is 6.32. The Morgan fingerprint density at radius 2 is 2.05 bits per heavy atom. The standard InChI is InChI=1S/C13H16BrN3O2S.ClH/c1-9-10(2)17(4-3-16-9)20(18,19)13-6-11(8-15)5-12(14)7-13;/h5-7,9-10,16H,3-4H2,1-2H3;1H. The molecule has 0 amide bonds. The van der Waals surface area contributed by atoms with Crippen LogP contribution in [-0.2, 0) is 10.0 Å². The molecule has 21 heavy (non-hydrogen) atoms. The number of nitriles is 1. The molecule has 2 rings (SSSR count). The average molecular weight is 395 g/mol. The van der Waals surface area contributed by atoms with Crippen LogP contribution in [0.5, 0.6) is 0 Å². The van der Waals surface area contributed by atoms with Crippen LogP contribution in [-0.4, -0.2) is 37.9 Å². The quantitative estimate of drug-likeness (QED) is 0.834. The van der Waals surface area contributed by atoms with Gasteiger partial charge in [-0.15, -0.1) is 12.4 Å². The largest absolute Gasteiger partial charge is 0.311 e. The number of benzene rings is 1. The lowest BCUT2D eigenvalue weighted by Gasteiger charge is -2.37. The SMILES string of the molecule is CC1NCCN(S(=O)(=O)c2cc(Br)cc(C#N)c2)C1C.Cl. The number of rotatable bonds is 2. The van der Waals surface area contributed by atoms with Crippen molar-refractivity contribution in [3.63, 3.8) is 0 Å². The molecule has 1 N–H and O–H groups in total. The second-order valence-corrected chi connectivity index (χ2v) is 7.69. The van der Waals surface area contributed by atoms with E-state index in [1.165, 1.54) is 16.4 Å². The molecule has 0 aliphatic carbocycles. The van der Waals surface area contributed by atoms with Crippen molar-refractivity contribution in [2.24, 2.45) is 0 Å². The van der Waals surface area contributed by atoms with E-state index in [4.69, 9.17) is 5.26 Å². The summed E-state index contributed by atoms with van der Waals surface area (Å²) < 4.78 is 27.5. The number of piperazine rings is 1. The van der Waals surface area contributed by atoms with Gasteiger partial charge in [0.1, 0.15) is 0 Å². The van der Waals surface area contributed by atoms with Gasteiger partial charge in [-0.1, -0.05) is 15.9 Å². The summed E-state index contributed by atoms with van der Waals surface area (Å²) in [5, 5.41) is 12.2. The van der Waals surface area contributed by atoms with Crippen molar-refractivity contribution in [2.75, 3.05) is 13.1 Å². The van der Waals surface area contributed by atoms with Gasteiger partial charge in [0, 0.05) is 29.6 Å². The van der Waals surface area contributed by atoms with E-state index in [9.17, 15) is 8.42 Å². The molecule has 2 unspecified atom stereocenters. The Bertz CT molecular complexity index is 660. The van der Waals surface area contributed by atoms with Gasteiger partial charge in [0.15, 0.2) is 0 Å². The highest BCUT2D eigenvalue weighted by atomic mass is 79.9. The van der Waals surface area contributed by atoms with E-state index in [1.54, 1.807) is 6.07 Å². The summed E-state index contributed by atoms with van der Waals surface area (Å²) in [6.45, 7) is 4.91. The maximum absolute atomic E-state index is 12.7. The van der Waals surface area contributed by atoms with Crippen LogP contribution in [0.15, 0.2) is 27.6 Å². The minimum Gasteiger partial charge on any atom is -0.311 e. The van der Waals surface area contributed by atoms with Crippen LogP contribution in [0.1, 0.15) is 19.4 Å². The minimum absolute atomic E-state index is 0. The van der Waals surface area contributed by atoms with E-state index in [1.807, 2.05) is 19.9 Å². The molecule has 1 aromatic carbocycles. The van der Waals surface area contributed by atoms with E-state index in [2.05, 4.69) is 21.2 Å². The molecule has 0 radical (unpaired) electrons. The molecule has 1 aliphatic heterocycles. The Hall–Kier alpha value is -0.650. The fourth-order valence-corrected chi connectivity index (χ4v) is 4.70. The maximum Gasteiger partial charge on any atom is 0.243 e. The summed E-state index contributed by atoms with van der Waals surface area (Å²) in [6, 6.07) is 6.50. The lowest BCUT2D eigenvalue weighted by molar-refractivity contribution is 0.233. The van der Waals surface area contributed by atoms with E-state index in [0.717, 1.165) is 0 Å². The molecule has 5 nitrogen and oxygen atoms in total. The Morgan fingerprint density at radius 3 is 2.67 bits per heavy atom. The first-order chi connectivity index (χ1) is 9.36. The lowest BCUT2D eigenvalue weighted by atomic mass is 10.1. The van der Waals surface area contributed by atoms with Crippen LogP contribution in [0.2, 0.25) is 0 Å². The van der Waals surface area contributed by atoms with Gasteiger partial charge < -0.3 is 5.32 Å². The van der Waals surface area contributed by atoms with Crippen LogP contribution in [0.25, 0.3) is 0 Å². The number of nitrogens with zero attached hydrogens (tertiary/aromatic N) is 2. The molecule has 1 fully saturated rings. The molecular weight excluding hydrogens is 378 g/mol. The highest BCUT2D eigenvalue weighted by molar-refractivity contribution is 9.10. The summed E-state index contributed by atoms with van der Waals surface area (Å²) in [7, 11) is -3.59. The van der Waals surface area contributed by atoms with Crippen molar-refractivity contribution in [1.82, 2.24) is 9.62 Å². The third kappa shape index (κ3) is 3.76. The number of nitrogens with one attached hydrogen (secondary N) is 1. The summed E-state index contributed by atoms with van der Waals surface area (Å²) in [4.78, 5) is 0.157. The molecule has 8 heteroatoms. The number of hydrogen-bond donors (Lipinski definition) is 1. The zero-order valence-electron chi connectivity index (χ0n) is 11.7. The topological polar surface area (TPSA) is 73.2 Å². The van der Waals surface area contributed by atoms with Gasteiger partial charge >= 0.3 is 0 Å². The van der Waals surface area contributed by atoms with Crippen molar-refractivity contribution in [2.45, 2.75) is 30.8 Å². The number of halogens is 2. The fraction of sp³-hybridized carbons (Fsp3) is 0.462. The van der Waals surface area contributed by atoms with Gasteiger partial charge in [-0.2, -0.15) is 9.57 Å². The highest BCUT2D eigenvalue weighted by Crippen LogP contribution is 2.25. The lowest BCUT2D eigenvalue weighted by Crippen LogP contribution is -2.57. The zero-order chi connectivity index (χ0) is 14.9. The third-order valence-corrected chi connectivity index (χ3v) is 6.01. The molecule has 2 atom stereocenters. The molecule has 0 saturated carbocycles. The summed E-state index contributed by atoms with van der Waals surface area (Å²) in [6.07, 6.45) is 0. The molecule has 116 valence electrons. The summed E-state index contributed by atoms with van der Waals surface area (Å²) >= 11 is 3.25. The van der Waals surface area contributed by atoms with E-state index in [0.29, 0.717) is 23.1 Å². The van der Waals surface area contributed by atoms with Crippen LogP contribution < -0.4 is 5.32 Å². The smallest absolute Gasteiger partial charge is 0.243 e. The van der Waals surface area contributed by atoms with Gasteiger partial charge in [-0.05, 0) is 32.0 Å². The van der Waals surface area contributed by atoms with Crippen molar-refractivity contribution >= 4 is 38.4 Å². The van der Waals surface area contributed by atoms with Gasteiger partial charge in [-0.25, -0.2) is 8.42 Å². The molecule has 1 aliphatic rings. The van der Waals surface area contributed by atoms with Crippen molar-refractivity contribution < 1.29 is 8.42 Å². The van der Waals surface area contributed by atoms with Gasteiger partial charge in [-0.3, -0.25) is 0 Å². The molecule has 0 bridgehead atoms. The monoisotopic (exact) mass is 393 g/mol. The van der Waals surface area contributed by atoms with Gasteiger partial charge in [0.05, 0.1) is 16.5 Å². The van der Waals surface area contributed by atoms with Crippen LogP contribution >= 0.6 is 28.3 Å². The minimum atomic E-state index is -3.59. The number of sulfonamides is 1. The Morgan fingerprint density at radius 1 is 1.38 bits per heavy atom. The first-order valence-corrected chi connectivity index (χ1v) is 8.55. The highest BCUT2D eigenvalue weighted by Gasteiger charge is 2.34. The second-order valence-electron chi connectivity index (χ2n) is 4.89. The molecule has 1 saturated heterocycles. The van der Waals surface area contributed by atoms with Crippen LogP contribution in [0, 0.1) is 11.3 Å². The van der Waals surface area contributed by atoms with E-state index < -0.39 is 10.0 Å². The normalized spacial score (nSPS) is 23.1. The Labute approximate surface area is 139 Å². The van der Waals surface area contributed by atoms with Crippen molar-refractivity contribution in [3.8, 4) is 6.07 Å². The van der Waals surface area contributed by atoms with E-state index in [-0.39, 0.29) is 29.4 Å².